The summed E-state index contributed by atoms with van der Waals surface area (Å²) < 4.78 is 43.1. The minimum Gasteiger partial charge on any atom is -0.497 e. The standard InChI is InChI=1S/C13H15F3O3/c1-12(2,7-11(17)18)8-4-9(13(14,15)16)6-10(5-8)19-3/h4-6H,7H2,1-3H3,(H,17,18). The van der Waals surface area contributed by atoms with Gasteiger partial charge < -0.3 is 9.84 Å². The van der Waals surface area contributed by atoms with E-state index in [2.05, 4.69) is 0 Å². The van der Waals surface area contributed by atoms with Crippen LogP contribution in [0.4, 0.5) is 13.2 Å². The molecule has 0 amide bonds. The predicted octanol–water partition coefficient (Wildman–Crippen LogP) is 3.47. The van der Waals surface area contributed by atoms with Gasteiger partial charge in [0, 0.05) is 5.41 Å². The van der Waals surface area contributed by atoms with E-state index in [9.17, 15) is 18.0 Å². The van der Waals surface area contributed by atoms with Crippen molar-refractivity contribution >= 4 is 5.97 Å². The van der Waals surface area contributed by atoms with E-state index in [4.69, 9.17) is 9.84 Å². The molecular weight excluding hydrogens is 261 g/mol. The van der Waals surface area contributed by atoms with Crippen LogP contribution in [0.15, 0.2) is 18.2 Å². The van der Waals surface area contributed by atoms with Crippen molar-refractivity contribution in [1.82, 2.24) is 0 Å². The number of benzene rings is 1. The minimum absolute atomic E-state index is 0.0586. The monoisotopic (exact) mass is 276 g/mol. The lowest BCUT2D eigenvalue weighted by Crippen LogP contribution is -2.22. The van der Waals surface area contributed by atoms with E-state index in [0.29, 0.717) is 0 Å². The summed E-state index contributed by atoms with van der Waals surface area (Å²) in [7, 11) is 1.27. The predicted molar refractivity (Wildman–Crippen MR) is 63.3 cm³/mol. The van der Waals surface area contributed by atoms with E-state index < -0.39 is 23.1 Å². The second-order valence-corrected chi connectivity index (χ2v) is 4.90. The van der Waals surface area contributed by atoms with E-state index >= 15 is 0 Å². The fourth-order valence-corrected chi connectivity index (χ4v) is 1.75. The van der Waals surface area contributed by atoms with Crippen LogP contribution < -0.4 is 4.74 Å². The summed E-state index contributed by atoms with van der Waals surface area (Å²) in [6, 6.07) is 3.28. The Morgan fingerprint density at radius 3 is 2.16 bits per heavy atom. The maximum absolute atomic E-state index is 12.8. The molecule has 1 aromatic rings. The van der Waals surface area contributed by atoms with Crippen molar-refractivity contribution in [2.45, 2.75) is 31.9 Å². The molecule has 19 heavy (non-hydrogen) atoms. The van der Waals surface area contributed by atoms with Crippen LogP contribution in [0.3, 0.4) is 0 Å². The van der Waals surface area contributed by atoms with Crippen LogP contribution in [0.2, 0.25) is 0 Å². The molecule has 0 heterocycles. The van der Waals surface area contributed by atoms with E-state index in [1.807, 2.05) is 0 Å². The van der Waals surface area contributed by atoms with Gasteiger partial charge in [-0.05, 0) is 23.8 Å². The van der Waals surface area contributed by atoms with Gasteiger partial charge in [0.2, 0.25) is 0 Å². The van der Waals surface area contributed by atoms with Gasteiger partial charge >= 0.3 is 12.1 Å². The van der Waals surface area contributed by atoms with Gasteiger partial charge in [-0.3, -0.25) is 4.79 Å². The molecule has 1 N–H and O–H groups in total. The van der Waals surface area contributed by atoms with E-state index in [-0.39, 0.29) is 17.7 Å². The van der Waals surface area contributed by atoms with Crippen LogP contribution in [0, 0.1) is 0 Å². The van der Waals surface area contributed by atoms with Gasteiger partial charge in [0.05, 0.1) is 19.1 Å². The third kappa shape index (κ3) is 3.87. The highest BCUT2D eigenvalue weighted by molar-refractivity contribution is 5.69. The fraction of sp³-hybridized carbons (Fsp3) is 0.462. The van der Waals surface area contributed by atoms with Crippen molar-refractivity contribution in [2.24, 2.45) is 0 Å². The number of methoxy groups -OCH3 is 1. The molecule has 0 atom stereocenters. The molecule has 0 aliphatic carbocycles. The molecular formula is C13H15F3O3. The molecule has 0 aliphatic heterocycles. The summed E-state index contributed by atoms with van der Waals surface area (Å²) in [5, 5.41) is 8.81. The highest BCUT2D eigenvalue weighted by Crippen LogP contribution is 2.37. The van der Waals surface area contributed by atoms with Crippen LogP contribution in [-0.2, 0) is 16.4 Å². The molecule has 3 nitrogen and oxygen atoms in total. The molecule has 0 fully saturated rings. The number of carboxylic acids is 1. The maximum Gasteiger partial charge on any atom is 0.416 e. The first kappa shape index (κ1) is 15.3. The highest BCUT2D eigenvalue weighted by atomic mass is 19.4. The Balaban J connectivity index is 3.31. The van der Waals surface area contributed by atoms with Crippen LogP contribution >= 0.6 is 0 Å². The van der Waals surface area contributed by atoms with E-state index in [1.54, 1.807) is 13.8 Å². The van der Waals surface area contributed by atoms with Crippen LogP contribution in [0.25, 0.3) is 0 Å². The van der Waals surface area contributed by atoms with Gasteiger partial charge in [-0.25, -0.2) is 0 Å². The van der Waals surface area contributed by atoms with Crippen molar-refractivity contribution in [3.8, 4) is 5.75 Å². The van der Waals surface area contributed by atoms with Gasteiger partial charge in [0.1, 0.15) is 5.75 Å². The largest absolute Gasteiger partial charge is 0.497 e. The molecule has 6 heteroatoms. The van der Waals surface area contributed by atoms with Crippen molar-refractivity contribution in [2.75, 3.05) is 7.11 Å². The summed E-state index contributed by atoms with van der Waals surface area (Å²) >= 11 is 0. The Kier molecular flexibility index (Phi) is 4.12. The molecule has 0 spiro atoms. The van der Waals surface area contributed by atoms with E-state index in [0.717, 1.165) is 12.1 Å². The van der Waals surface area contributed by atoms with Crippen molar-refractivity contribution < 1.29 is 27.8 Å². The normalized spacial score (nSPS) is 12.3. The minimum atomic E-state index is -4.50. The SMILES string of the molecule is COc1cc(C(F)(F)F)cc(C(C)(C)CC(=O)O)c1. The van der Waals surface area contributed by atoms with Crippen molar-refractivity contribution in [1.29, 1.82) is 0 Å². The molecule has 0 aromatic heterocycles. The summed E-state index contributed by atoms with van der Waals surface area (Å²) in [5.74, 6) is -1.01. The number of alkyl halides is 3. The van der Waals surface area contributed by atoms with Crippen LogP contribution in [-0.4, -0.2) is 18.2 Å². The number of ether oxygens (including phenoxy) is 1. The van der Waals surface area contributed by atoms with Crippen molar-refractivity contribution in [3.63, 3.8) is 0 Å². The molecule has 106 valence electrons. The Hall–Kier alpha value is -1.72. The third-order valence-corrected chi connectivity index (χ3v) is 2.84. The average molecular weight is 276 g/mol. The fourth-order valence-electron chi connectivity index (χ4n) is 1.75. The summed E-state index contributed by atoms with van der Waals surface area (Å²) in [5.41, 5.74) is -1.48. The van der Waals surface area contributed by atoms with Gasteiger partial charge in [-0.15, -0.1) is 0 Å². The lowest BCUT2D eigenvalue weighted by Gasteiger charge is -2.24. The Morgan fingerprint density at radius 1 is 1.21 bits per heavy atom. The second kappa shape index (κ2) is 5.11. The third-order valence-electron chi connectivity index (χ3n) is 2.84. The quantitative estimate of drug-likeness (QED) is 0.916. The van der Waals surface area contributed by atoms with Gasteiger partial charge in [0.25, 0.3) is 0 Å². The number of aliphatic carboxylic acids is 1. The van der Waals surface area contributed by atoms with Crippen LogP contribution in [0.5, 0.6) is 5.75 Å². The number of hydrogen-bond acceptors (Lipinski definition) is 2. The molecule has 0 bridgehead atoms. The smallest absolute Gasteiger partial charge is 0.416 e. The summed E-state index contributed by atoms with van der Waals surface area (Å²) in [6.07, 6.45) is -4.76. The maximum atomic E-state index is 12.8. The summed E-state index contributed by atoms with van der Waals surface area (Å²) in [4.78, 5) is 10.8. The zero-order chi connectivity index (χ0) is 14.8. The Labute approximate surface area is 109 Å². The molecule has 0 unspecified atom stereocenters. The first-order chi connectivity index (χ1) is 8.56. The number of carboxylic acid groups (broad SMARTS) is 1. The van der Waals surface area contributed by atoms with Gasteiger partial charge in [-0.1, -0.05) is 13.8 Å². The lowest BCUT2D eigenvalue weighted by atomic mass is 9.81. The first-order valence-corrected chi connectivity index (χ1v) is 5.55. The molecule has 0 radical (unpaired) electrons. The Morgan fingerprint density at radius 2 is 1.74 bits per heavy atom. The molecule has 0 aliphatic rings. The zero-order valence-electron chi connectivity index (χ0n) is 10.8. The molecule has 0 saturated heterocycles. The second-order valence-electron chi connectivity index (χ2n) is 4.90. The van der Waals surface area contributed by atoms with Gasteiger partial charge in [-0.2, -0.15) is 13.2 Å². The van der Waals surface area contributed by atoms with Crippen molar-refractivity contribution in [3.05, 3.63) is 29.3 Å². The first-order valence-electron chi connectivity index (χ1n) is 5.55. The molecule has 1 rings (SSSR count). The number of halogens is 3. The average Bonchev–Trinajstić information content (AvgIpc) is 2.25. The van der Waals surface area contributed by atoms with Crippen LogP contribution in [0.1, 0.15) is 31.4 Å². The summed E-state index contributed by atoms with van der Waals surface area (Å²) in [6.45, 7) is 3.16. The molecule has 0 saturated carbocycles. The number of rotatable bonds is 4. The van der Waals surface area contributed by atoms with Gasteiger partial charge in [0.15, 0.2) is 0 Å². The number of hydrogen-bond donors (Lipinski definition) is 1. The lowest BCUT2D eigenvalue weighted by molar-refractivity contribution is -0.138. The Bertz CT molecular complexity index is 479. The molecule has 1 aromatic carbocycles. The highest BCUT2D eigenvalue weighted by Gasteiger charge is 2.34. The topological polar surface area (TPSA) is 46.5 Å². The zero-order valence-corrected chi connectivity index (χ0v) is 10.8. The number of carbonyl (C=O) groups is 1. The van der Waals surface area contributed by atoms with E-state index in [1.165, 1.54) is 13.2 Å².